The van der Waals surface area contributed by atoms with Gasteiger partial charge in [-0.05, 0) is 49.6 Å². The number of nitrogens with two attached hydrogens (primary N) is 1. The lowest BCUT2D eigenvalue weighted by atomic mass is 9.97. The third-order valence-electron chi connectivity index (χ3n) is 4.56. The number of halogens is 1. The molecule has 0 aliphatic heterocycles. The summed E-state index contributed by atoms with van der Waals surface area (Å²) in [6.07, 6.45) is 1.43. The van der Waals surface area contributed by atoms with E-state index in [9.17, 15) is 18.0 Å². The Labute approximate surface area is 189 Å². The van der Waals surface area contributed by atoms with Crippen LogP contribution in [0, 0.1) is 5.92 Å². The maximum Gasteiger partial charge on any atom is 0.257 e. The summed E-state index contributed by atoms with van der Waals surface area (Å²) in [4.78, 5) is 27.3. The van der Waals surface area contributed by atoms with Crippen LogP contribution in [-0.2, 0) is 26.0 Å². The Bertz CT molecular complexity index is 1010. The largest absolute Gasteiger partial charge is 0.399 e. The van der Waals surface area contributed by atoms with Crippen LogP contribution < -0.4 is 10.5 Å². The molecule has 1 atom stereocenters. The van der Waals surface area contributed by atoms with E-state index in [1.165, 1.54) is 11.0 Å². The lowest BCUT2D eigenvalue weighted by molar-refractivity contribution is -0.141. The first-order chi connectivity index (χ1) is 14.3. The second kappa shape index (κ2) is 12.1. The zero-order valence-corrected chi connectivity index (χ0v) is 19.2. The molecule has 0 radical (unpaired) electrons. The molecule has 168 valence electrons. The van der Waals surface area contributed by atoms with Gasteiger partial charge in [0.15, 0.2) is 0 Å². The molecule has 9 heteroatoms. The Morgan fingerprint density at radius 1 is 1.06 bits per heavy atom. The number of sulfonamides is 1. The summed E-state index contributed by atoms with van der Waals surface area (Å²) >= 11 is 0. The number of nitrogen functional groups attached to an aromatic ring is 1. The molecule has 2 amide bonds. The van der Waals surface area contributed by atoms with Crippen LogP contribution in [0.15, 0.2) is 60.0 Å². The summed E-state index contributed by atoms with van der Waals surface area (Å²) in [6.45, 7) is 4.43. The van der Waals surface area contributed by atoms with Gasteiger partial charge in [0, 0.05) is 18.8 Å². The third kappa shape index (κ3) is 8.07. The van der Waals surface area contributed by atoms with E-state index in [0.29, 0.717) is 29.9 Å². The molecule has 2 aromatic carbocycles. The highest BCUT2D eigenvalue weighted by Crippen LogP contribution is 2.16. The highest BCUT2D eigenvalue weighted by atomic mass is 35.5. The van der Waals surface area contributed by atoms with E-state index in [4.69, 9.17) is 5.73 Å². The van der Waals surface area contributed by atoms with E-state index < -0.39 is 27.8 Å². The van der Waals surface area contributed by atoms with Crippen molar-refractivity contribution in [3.8, 4) is 0 Å². The Hall–Kier alpha value is -2.84. The number of benzene rings is 2. The number of carbonyl (C=O) groups excluding carboxylic acids is 2. The molecule has 0 saturated heterocycles. The van der Waals surface area contributed by atoms with Crippen LogP contribution in [0.25, 0.3) is 6.08 Å². The number of amides is 2. The van der Waals surface area contributed by atoms with E-state index >= 15 is 0 Å². The van der Waals surface area contributed by atoms with Gasteiger partial charge >= 0.3 is 0 Å². The van der Waals surface area contributed by atoms with Crippen molar-refractivity contribution < 1.29 is 18.0 Å². The van der Waals surface area contributed by atoms with Crippen LogP contribution in [0.3, 0.4) is 0 Å². The number of hydrogen-bond donors (Lipinski definition) is 2. The normalized spacial score (nSPS) is 12.1. The van der Waals surface area contributed by atoms with Gasteiger partial charge in [0.25, 0.3) is 10.0 Å². The fourth-order valence-electron chi connectivity index (χ4n) is 2.98. The van der Waals surface area contributed by atoms with Crippen molar-refractivity contribution in [1.29, 1.82) is 0 Å². The number of hydrogen-bond acceptors (Lipinski definition) is 5. The predicted molar refractivity (Wildman–Crippen MR) is 126 cm³/mol. The van der Waals surface area contributed by atoms with E-state index in [2.05, 4.69) is 0 Å². The smallest absolute Gasteiger partial charge is 0.257 e. The van der Waals surface area contributed by atoms with Crippen LogP contribution in [0.4, 0.5) is 5.69 Å². The second-order valence-corrected chi connectivity index (χ2v) is 8.30. The van der Waals surface area contributed by atoms with Crippen molar-refractivity contribution in [3.63, 3.8) is 0 Å². The predicted octanol–water partition coefficient (Wildman–Crippen LogP) is 2.83. The van der Waals surface area contributed by atoms with Crippen LogP contribution in [-0.4, -0.2) is 38.2 Å². The maximum absolute atomic E-state index is 12.9. The molecule has 0 aliphatic carbocycles. The molecule has 0 spiro atoms. The molecule has 31 heavy (non-hydrogen) atoms. The zero-order chi connectivity index (χ0) is 22.1. The Kier molecular flexibility index (Phi) is 10.2. The SMILES string of the molecule is CCN(CC)C(=O)C(Cc1cccc(N)c1)C(=O)NS(=O)(=O)/C=C/c1ccccc1.Cl. The average molecular weight is 466 g/mol. The van der Waals surface area contributed by atoms with E-state index in [1.807, 2.05) is 10.8 Å². The summed E-state index contributed by atoms with van der Waals surface area (Å²) in [6, 6.07) is 15.7. The van der Waals surface area contributed by atoms with E-state index in [0.717, 1.165) is 5.41 Å². The van der Waals surface area contributed by atoms with E-state index in [1.54, 1.807) is 62.4 Å². The monoisotopic (exact) mass is 465 g/mol. The molecule has 0 heterocycles. The van der Waals surface area contributed by atoms with Crippen molar-refractivity contribution in [2.24, 2.45) is 5.92 Å². The molecule has 0 saturated carbocycles. The zero-order valence-electron chi connectivity index (χ0n) is 17.5. The van der Waals surface area contributed by atoms with Crippen molar-refractivity contribution >= 4 is 46.0 Å². The first-order valence-corrected chi connectivity index (χ1v) is 11.2. The van der Waals surface area contributed by atoms with Crippen LogP contribution in [0.2, 0.25) is 0 Å². The average Bonchev–Trinajstić information content (AvgIpc) is 2.72. The van der Waals surface area contributed by atoms with Crippen LogP contribution >= 0.6 is 12.4 Å². The highest BCUT2D eigenvalue weighted by molar-refractivity contribution is 7.93. The van der Waals surface area contributed by atoms with Crippen LogP contribution in [0.5, 0.6) is 0 Å². The molecule has 0 aliphatic rings. The van der Waals surface area contributed by atoms with Gasteiger partial charge in [-0.3, -0.25) is 9.59 Å². The van der Waals surface area contributed by atoms with Gasteiger partial charge in [-0.1, -0.05) is 42.5 Å². The van der Waals surface area contributed by atoms with Crippen molar-refractivity contribution in [3.05, 3.63) is 71.1 Å². The fourth-order valence-corrected chi connectivity index (χ4v) is 3.81. The minimum Gasteiger partial charge on any atom is -0.399 e. The van der Waals surface area contributed by atoms with Gasteiger partial charge in [-0.25, -0.2) is 13.1 Å². The van der Waals surface area contributed by atoms with Gasteiger partial charge in [0.1, 0.15) is 5.92 Å². The fraction of sp³-hybridized carbons (Fsp3) is 0.273. The first kappa shape index (κ1) is 26.2. The van der Waals surface area contributed by atoms with Crippen LogP contribution in [0.1, 0.15) is 25.0 Å². The number of rotatable bonds is 9. The maximum atomic E-state index is 12.9. The Morgan fingerprint density at radius 3 is 2.29 bits per heavy atom. The molecule has 3 N–H and O–H groups in total. The summed E-state index contributed by atoms with van der Waals surface area (Å²) in [7, 11) is -4.07. The number of nitrogens with one attached hydrogen (secondary N) is 1. The van der Waals surface area contributed by atoms with E-state index in [-0.39, 0.29) is 18.8 Å². The number of carbonyl (C=O) groups is 2. The summed E-state index contributed by atoms with van der Waals surface area (Å²) in [5.41, 5.74) is 7.64. The molecule has 2 aromatic rings. The lowest BCUT2D eigenvalue weighted by Gasteiger charge is -2.24. The van der Waals surface area contributed by atoms with Gasteiger partial charge in [0.05, 0.1) is 5.41 Å². The van der Waals surface area contributed by atoms with Crippen molar-refractivity contribution in [1.82, 2.24) is 9.62 Å². The molecule has 1 unspecified atom stereocenters. The topological polar surface area (TPSA) is 110 Å². The summed E-state index contributed by atoms with van der Waals surface area (Å²) < 4.78 is 26.8. The van der Waals surface area contributed by atoms with Gasteiger partial charge in [-0.15, -0.1) is 12.4 Å². The number of nitrogens with zero attached hydrogens (tertiary/aromatic N) is 1. The first-order valence-electron chi connectivity index (χ1n) is 9.68. The van der Waals surface area contributed by atoms with Gasteiger partial charge in [-0.2, -0.15) is 0 Å². The molecule has 0 aromatic heterocycles. The van der Waals surface area contributed by atoms with Gasteiger partial charge in [0.2, 0.25) is 11.8 Å². The van der Waals surface area contributed by atoms with Gasteiger partial charge < -0.3 is 10.6 Å². The molecular formula is C22H28ClN3O4S. The molecule has 0 bridgehead atoms. The molecule has 2 rings (SSSR count). The lowest BCUT2D eigenvalue weighted by Crippen LogP contribution is -2.45. The Morgan fingerprint density at radius 2 is 1.71 bits per heavy atom. The van der Waals surface area contributed by atoms with Crippen molar-refractivity contribution in [2.75, 3.05) is 18.8 Å². The Balaban J connectivity index is 0.00000480. The summed E-state index contributed by atoms with van der Waals surface area (Å²) in [5.74, 6) is -2.49. The third-order valence-corrected chi connectivity index (χ3v) is 5.54. The molecule has 0 fully saturated rings. The molecular weight excluding hydrogens is 438 g/mol. The highest BCUT2D eigenvalue weighted by Gasteiger charge is 2.32. The quantitative estimate of drug-likeness (QED) is 0.437. The summed E-state index contributed by atoms with van der Waals surface area (Å²) in [5, 5.41) is 0.916. The second-order valence-electron chi connectivity index (χ2n) is 6.74. The minimum absolute atomic E-state index is 0. The number of anilines is 1. The molecule has 7 nitrogen and oxygen atoms in total. The minimum atomic E-state index is -4.07. The standard InChI is InChI=1S/C22H27N3O4S.ClH/c1-3-25(4-2)22(27)20(16-18-11-8-12-19(23)15-18)21(26)24-30(28,29)14-13-17-9-6-5-7-10-17;/h5-15,20H,3-4,16,23H2,1-2H3,(H,24,26);1H/b14-13+;. The van der Waals surface area contributed by atoms with Crippen molar-refractivity contribution in [2.45, 2.75) is 20.3 Å².